The molecule has 2 aromatic carbocycles. The van der Waals surface area contributed by atoms with E-state index in [0.29, 0.717) is 16.5 Å². The lowest BCUT2D eigenvalue weighted by Crippen LogP contribution is -2.38. The third-order valence-corrected chi connectivity index (χ3v) is 7.42. The van der Waals surface area contributed by atoms with Crippen molar-refractivity contribution >= 4 is 56.2 Å². The summed E-state index contributed by atoms with van der Waals surface area (Å²) < 4.78 is 37.7. The number of hydrogen-bond donors (Lipinski definition) is 1. The molecule has 1 N–H and O–H groups in total. The first-order chi connectivity index (χ1) is 15.3. The third-order valence-electron chi connectivity index (χ3n) is 4.32. The number of amides is 1. The molecule has 0 radical (unpaired) electrons. The largest absolute Gasteiger partial charge is 0.497 e. The zero-order chi connectivity index (χ0) is 23.3. The Morgan fingerprint density at radius 3 is 2.47 bits per heavy atom. The maximum Gasteiger partial charge on any atom is 0.349 e. The quantitative estimate of drug-likeness (QED) is 0.474. The minimum atomic E-state index is -4.30. The smallest absolute Gasteiger partial charge is 0.349 e. The van der Waals surface area contributed by atoms with Gasteiger partial charge in [-0.25, -0.2) is 13.2 Å². The van der Waals surface area contributed by atoms with Crippen LogP contribution in [0.25, 0.3) is 0 Å². The van der Waals surface area contributed by atoms with Crippen LogP contribution < -0.4 is 14.4 Å². The van der Waals surface area contributed by atoms with Gasteiger partial charge in [0.15, 0.2) is 0 Å². The first-order valence-corrected chi connectivity index (χ1v) is 11.8. The minimum absolute atomic E-state index is 0.0836. The van der Waals surface area contributed by atoms with Gasteiger partial charge in [-0.05, 0) is 47.8 Å². The first kappa shape index (κ1) is 23.6. The van der Waals surface area contributed by atoms with Gasteiger partial charge in [0.2, 0.25) is 5.91 Å². The van der Waals surface area contributed by atoms with E-state index in [0.717, 1.165) is 22.8 Å². The van der Waals surface area contributed by atoms with Crippen molar-refractivity contribution in [1.82, 2.24) is 0 Å². The number of sulfonamides is 1. The van der Waals surface area contributed by atoms with Crippen LogP contribution in [0.3, 0.4) is 0 Å². The molecular formula is C21H19ClN2O6S2. The summed E-state index contributed by atoms with van der Waals surface area (Å²) in [6.07, 6.45) is 0. The summed E-state index contributed by atoms with van der Waals surface area (Å²) in [7, 11) is -1.64. The fourth-order valence-electron chi connectivity index (χ4n) is 2.82. The molecule has 3 aromatic rings. The van der Waals surface area contributed by atoms with Crippen LogP contribution in [-0.4, -0.2) is 41.1 Å². The molecule has 0 atom stereocenters. The van der Waals surface area contributed by atoms with Crippen LogP contribution in [0.4, 0.5) is 11.4 Å². The Morgan fingerprint density at radius 2 is 1.81 bits per heavy atom. The molecule has 1 aromatic heterocycles. The molecule has 8 nitrogen and oxygen atoms in total. The van der Waals surface area contributed by atoms with Gasteiger partial charge < -0.3 is 14.8 Å². The number of ether oxygens (including phenoxy) is 2. The molecule has 168 valence electrons. The summed E-state index contributed by atoms with van der Waals surface area (Å²) in [5, 5.41) is 4.52. The number of hydrogen-bond acceptors (Lipinski definition) is 7. The Labute approximate surface area is 194 Å². The van der Waals surface area contributed by atoms with Gasteiger partial charge in [-0.15, -0.1) is 11.3 Å². The highest BCUT2D eigenvalue weighted by molar-refractivity contribution is 7.93. The van der Waals surface area contributed by atoms with Crippen molar-refractivity contribution in [2.75, 3.05) is 30.4 Å². The van der Waals surface area contributed by atoms with Crippen LogP contribution >= 0.6 is 22.9 Å². The number of methoxy groups -OCH3 is 2. The van der Waals surface area contributed by atoms with Crippen molar-refractivity contribution in [2.24, 2.45) is 0 Å². The summed E-state index contributed by atoms with van der Waals surface area (Å²) in [5.41, 5.74) is 0.644. The predicted octanol–water partition coefficient (Wildman–Crippen LogP) is 4.03. The standard InChI is InChI=1S/C21H19ClN2O6S2/c1-29-17-5-3-4-15(12-17)23-19(25)13-24(16-8-6-14(22)7-9-16)32(27,28)18-10-11-31-20(18)21(26)30-2/h3-12H,13H2,1-2H3,(H,23,25). The van der Waals surface area contributed by atoms with E-state index in [-0.39, 0.29) is 15.5 Å². The maximum atomic E-state index is 13.5. The maximum absolute atomic E-state index is 13.5. The Bertz CT molecular complexity index is 1230. The number of carbonyl (C=O) groups excluding carboxylic acids is 2. The van der Waals surface area contributed by atoms with Gasteiger partial charge in [0.25, 0.3) is 10.0 Å². The molecule has 0 saturated heterocycles. The molecule has 0 aliphatic rings. The van der Waals surface area contributed by atoms with E-state index < -0.39 is 28.4 Å². The highest BCUT2D eigenvalue weighted by Crippen LogP contribution is 2.30. The molecule has 0 aliphatic heterocycles. The molecule has 0 fully saturated rings. The number of rotatable bonds is 8. The summed E-state index contributed by atoms with van der Waals surface area (Å²) in [6, 6.07) is 13.9. The lowest BCUT2D eigenvalue weighted by Gasteiger charge is -2.24. The van der Waals surface area contributed by atoms with E-state index in [1.165, 1.54) is 42.8 Å². The summed E-state index contributed by atoms with van der Waals surface area (Å²) in [5.74, 6) is -0.840. The van der Waals surface area contributed by atoms with E-state index in [1.54, 1.807) is 24.3 Å². The molecule has 0 bridgehead atoms. The van der Waals surface area contributed by atoms with Gasteiger partial charge in [-0.3, -0.25) is 9.10 Å². The Kier molecular flexibility index (Phi) is 7.39. The predicted molar refractivity (Wildman–Crippen MR) is 123 cm³/mol. The lowest BCUT2D eigenvalue weighted by molar-refractivity contribution is -0.114. The van der Waals surface area contributed by atoms with E-state index >= 15 is 0 Å². The fraction of sp³-hybridized carbons (Fsp3) is 0.143. The lowest BCUT2D eigenvalue weighted by atomic mass is 10.3. The number of nitrogens with one attached hydrogen (secondary N) is 1. The molecule has 0 aliphatic carbocycles. The summed E-state index contributed by atoms with van der Waals surface area (Å²) in [6.45, 7) is -0.544. The zero-order valence-corrected chi connectivity index (χ0v) is 19.5. The van der Waals surface area contributed by atoms with Crippen LogP contribution in [0.2, 0.25) is 5.02 Å². The number of carbonyl (C=O) groups is 2. The highest BCUT2D eigenvalue weighted by atomic mass is 35.5. The number of nitrogens with zero attached hydrogens (tertiary/aromatic N) is 1. The molecule has 0 unspecified atom stereocenters. The second kappa shape index (κ2) is 10.0. The number of benzene rings is 2. The average Bonchev–Trinajstić information content (AvgIpc) is 3.29. The fourth-order valence-corrected chi connectivity index (χ4v) is 5.67. The Balaban J connectivity index is 1.97. The third kappa shape index (κ3) is 5.21. The van der Waals surface area contributed by atoms with Crippen molar-refractivity contribution in [3.63, 3.8) is 0 Å². The highest BCUT2D eigenvalue weighted by Gasteiger charge is 2.32. The molecule has 1 amide bonds. The average molecular weight is 495 g/mol. The van der Waals surface area contributed by atoms with Gasteiger partial charge in [-0.1, -0.05) is 17.7 Å². The van der Waals surface area contributed by atoms with E-state index in [4.69, 9.17) is 21.1 Å². The zero-order valence-electron chi connectivity index (χ0n) is 17.1. The molecule has 11 heteroatoms. The topological polar surface area (TPSA) is 102 Å². The minimum Gasteiger partial charge on any atom is -0.497 e. The van der Waals surface area contributed by atoms with Crippen molar-refractivity contribution in [3.8, 4) is 5.75 Å². The molecule has 0 spiro atoms. The Hall–Kier alpha value is -3.08. The van der Waals surface area contributed by atoms with Crippen molar-refractivity contribution in [1.29, 1.82) is 0 Å². The van der Waals surface area contributed by atoms with Gasteiger partial charge in [0.1, 0.15) is 22.1 Å². The van der Waals surface area contributed by atoms with Crippen molar-refractivity contribution < 1.29 is 27.5 Å². The van der Waals surface area contributed by atoms with Crippen LogP contribution in [0.1, 0.15) is 9.67 Å². The SMILES string of the molecule is COC(=O)c1sccc1S(=O)(=O)N(CC(=O)Nc1cccc(OC)c1)c1ccc(Cl)cc1. The summed E-state index contributed by atoms with van der Waals surface area (Å²) in [4.78, 5) is 24.5. The molecule has 3 rings (SSSR count). The number of anilines is 2. The Morgan fingerprint density at radius 1 is 1.09 bits per heavy atom. The van der Waals surface area contributed by atoms with E-state index in [1.807, 2.05) is 0 Å². The number of esters is 1. The van der Waals surface area contributed by atoms with Gasteiger partial charge in [0, 0.05) is 16.8 Å². The van der Waals surface area contributed by atoms with Crippen LogP contribution in [0, 0.1) is 0 Å². The van der Waals surface area contributed by atoms with Gasteiger partial charge in [0.05, 0.1) is 19.9 Å². The number of halogens is 1. The molecule has 1 heterocycles. The van der Waals surface area contributed by atoms with Crippen LogP contribution in [0.5, 0.6) is 5.75 Å². The molecule has 32 heavy (non-hydrogen) atoms. The van der Waals surface area contributed by atoms with Gasteiger partial charge >= 0.3 is 5.97 Å². The van der Waals surface area contributed by atoms with Crippen LogP contribution in [0.15, 0.2) is 64.9 Å². The summed E-state index contributed by atoms with van der Waals surface area (Å²) >= 11 is 6.87. The second-order valence-corrected chi connectivity index (χ2v) is 9.56. The first-order valence-electron chi connectivity index (χ1n) is 9.14. The van der Waals surface area contributed by atoms with Crippen LogP contribution in [-0.2, 0) is 19.6 Å². The monoisotopic (exact) mass is 494 g/mol. The normalized spacial score (nSPS) is 11.0. The second-order valence-electron chi connectivity index (χ2n) is 6.37. The molecule has 0 saturated carbocycles. The van der Waals surface area contributed by atoms with Crippen molar-refractivity contribution in [2.45, 2.75) is 4.90 Å². The van der Waals surface area contributed by atoms with Gasteiger partial charge in [-0.2, -0.15) is 0 Å². The molecular weight excluding hydrogens is 476 g/mol. The van der Waals surface area contributed by atoms with E-state index in [2.05, 4.69) is 5.32 Å². The van der Waals surface area contributed by atoms with E-state index in [9.17, 15) is 18.0 Å². The van der Waals surface area contributed by atoms with Crippen molar-refractivity contribution in [3.05, 3.63) is 69.9 Å². The number of thiophene rings is 1.